The van der Waals surface area contributed by atoms with Crippen LogP contribution in [0.15, 0.2) is 24.3 Å². The van der Waals surface area contributed by atoms with Gasteiger partial charge in [0.2, 0.25) is 5.91 Å². The van der Waals surface area contributed by atoms with Crippen LogP contribution in [0, 0.1) is 0 Å². The van der Waals surface area contributed by atoms with Gasteiger partial charge in [-0.25, -0.2) is 0 Å². The number of morpholine rings is 1. The van der Waals surface area contributed by atoms with Gasteiger partial charge in [-0.15, -0.1) is 0 Å². The van der Waals surface area contributed by atoms with Crippen LogP contribution < -0.4 is 5.32 Å². The molecule has 0 saturated carbocycles. The van der Waals surface area contributed by atoms with E-state index in [1.54, 1.807) is 0 Å². The minimum atomic E-state index is 0.0361. The summed E-state index contributed by atoms with van der Waals surface area (Å²) in [5.74, 6) is 0.429. The SMILES string of the molecule is O=C(CSC(=S)N1CCCC1)NCc1ccc(CN2CCOCC2)cc1. The molecule has 0 aromatic heterocycles. The number of hydrogen-bond acceptors (Lipinski definition) is 5. The predicted octanol–water partition coefficient (Wildman–Crippen LogP) is 2.25. The molecule has 0 spiro atoms. The second-order valence-corrected chi connectivity index (χ2v) is 8.34. The topological polar surface area (TPSA) is 44.8 Å². The number of carbonyl (C=O) groups excluding carboxylic acids is 1. The minimum absolute atomic E-state index is 0.0361. The third-order valence-electron chi connectivity index (χ3n) is 4.71. The van der Waals surface area contributed by atoms with Crippen LogP contribution in [-0.4, -0.2) is 65.2 Å². The molecule has 2 saturated heterocycles. The molecule has 0 bridgehead atoms. The van der Waals surface area contributed by atoms with E-state index in [2.05, 4.69) is 39.4 Å². The molecule has 2 fully saturated rings. The number of carbonyl (C=O) groups is 1. The summed E-state index contributed by atoms with van der Waals surface area (Å²) >= 11 is 6.86. The van der Waals surface area contributed by atoms with Crippen LogP contribution in [0.4, 0.5) is 0 Å². The molecule has 0 atom stereocenters. The van der Waals surface area contributed by atoms with Gasteiger partial charge in [0, 0.05) is 39.3 Å². The summed E-state index contributed by atoms with van der Waals surface area (Å²) < 4.78 is 6.23. The quantitative estimate of drug-likeness (QED) is 0.748. The van der Waals surface area contributed by atoms with E-state index < -0.39 is 0 Å². The number of thioether (sulfide) groups is 1. The van der Waals surface area contributed by atoms with Gasteiger partial charge in [0.25, 0.3) is 0 Å². The van der Waals surface area contributed by atoms with Crippen molar-refractivity contribution in [3.63, 3.8) is 0 Å². The van der Waals surface area contributed by atoms with E-state index in [4.69, 9.17) is 17.0 Å². The Kier molecular flexibility index (Phi) is 7.73. The first-order valence-corrected chi connectivity index (χ1v) is 10.7. The number of benzene rings is 1. The summed E-state index contributed by atoms with van der Waals surface area (Å²) in [5.41, 5.74) is 2.42. The molecule has 2 heterocycles. The summed E-state index contributed by atoms with van der Waals surface area (Å²) in [7, 11) is 0. The maximum absolute atomic E-state index is 12.0. The molecule has 1 N–H and O–H groups in total. The molecule has 26 heavy (non-hydrogen) atoms. The van der Waals surface area contributed by atoms with Gasteiger partial charge in [-0.3, -0.25) is 9.69 Å². The zero-order valence-corrected chi connectivity index (χ0v) is 16.7. The Bertz CT molecular complexity index is 597. The number of amides is 1. The smallest absolute Gasteiger partial charge is 0.230 e. The number of hydrogen-bond donors (Lipinski definition) is 1. The van der Waals surface area contributed by atoms with Crippen LogP contribution in [0.1, 0.15) is 24.0 Å². The standard InChI is InChI=1S/C19H27N3O2S2/c23-18(15-26-19(25)22-7-1-2-8-22)20-13-16-3-5-17(6-4-16)14-21-9-11-24-12-10-21/h3-6H,1-2,7-15H2,(H,20,23). The average Bonchev–Trinajstić information content (AvgIpc) is 3.21. The van der Waals surface area contributed by atoms with Crippen molar-refractivity contribution >= 4 is 34.2 Å². The summed E-state index contributed by atoms with van der Waals surface area (Å²) in [5, 5.41) is 2.98. The zero-order chi connectivity index (χ0) is 18.2. The van der Waals surface area contributed by atoms with Crippen molar-refractivity contribution in [2.45, 2.75) is 25.9 Å². The lowest BCUT2D eigenvalue weighted by molar-refractivity contribution is -0.118. The summed E-state index contributed by atoms with van der Waals surface area (Å²) in [4.78, 5) is 16.6. The molecular weight excluding hydrogens is 366 g/mol. The largest absolute Gasteiger partial charge is 0.379 e. The molecule has 5 nitrogen and oxygen atoms in total. The van der Waals surface area contributed by atoms with Gasteiger partial charge in [-0.2, -0.15) is 0 Å². The van der Waals surface area contributed by atoms with Gasteiger partial charge in [-0.05, 0) is 24.0 Å². The highest BCUT2D eigenvalue weighted by Gasteiger charge is 2.16. The lowest BCUT2D eigenvalue weighted by Crippen LogP contribution is -2.35. The van der Waals surface area contributed by atoms with E-state index in [0.29, 0.717) is 12.3 Å². The third kappa shape index (κ3) is 6.23. The summed E-state index contributed by atoms with van der Waals surface area (Å²) in [6.07, 6.45) is 2.41. The molecule has 142 valence electrons. The Morgan fingerprint density at radius 3 is 2.42 bits per heavy atom. The van der Waals surface area contributed by atoms with Crippen LogP contribution in [0.2, 0.25) is 0 Å². The minimum Gasteiger partial charge on any atom is -0.379 e. The fourth-order valence-corrected chi connectivity index (χ4v) is 4.23. The Morgan fingerprint density at radius 1 is 1.08 bits per heavy atom. The van der Waals surface area contributed by atoms with Crippen molar-refractivity contribution in [1.29, 1.82) is 0 Å². The van der Waals surface area contributed by atoms with E-state index in [1.165, 1.54) is 30.2 Å². The second kappa shape index (κ2) is 10.3. The Hall–Kier alpha value is -1.15. The van der Waals surface area contributed by atoms with Gasteiger partial charge in [0.15, 0.2) is 0 Å². The predicted molar refractivity (Wildman–Crippen MR) is 110 cm³/mol. The Labute approximate surface area is 165 Å². The summed E-state index contributed by atoms with van der Waals surface area (Å²) in [6, 6.07) is 8.48. The van der Waals surface area contributed by atoms with E-state index >= 15 is 0 Å². The monoisotopic (exact) mass is 393 g/mol. The van der Waals surface area contributed by atoms with Crippen LogP contribution in [-0.2, 0) is 22.6 Å². The van der Waals surface area contributed by atoms with E-state index in [9.17, 15) is 4.79 Å². The number of likely N-dealkylation sites (tertiary alicyclic amines) is 1. The second-order valence-electron chi connectivity index (χ2n) is 6.73. The van der Waals surface area contributed by atoms with Crippen LogP contribution in [0.3, 0.4) is 0 Å². The van der Waals surface area contributed by atoms with Crippen LogP contribution in [0.25, 0.3) is 0 Å². The van der Waals surface area contributed by atoms with Crippen LogP contribution >= 0.6 is 24.0 Å². The molecule has 0 aliphatic carbocycles. The normalized spacial score (nSPS) is 18.1. The maximum Gasteiger partial charge on any atom is 0.230 e. The third-order valence-corrected chi connectivity index (χ3v) is 6.24. The number of thiocarbonyl (C=S) groups is 1. The van der Waals surface area contributed by atoms with E-state index in [1.807, 2.05) is 0 Å². The fraction of sp³-hybridized carbons (Fsp3) is 0.579. The Morgan fingerprint density at radius 2 is 1.73 bits per heavy atom. The van der Waals surface area contributed by atoms with Crippen molar-refractivity contribution < 1.29 is 9.53 Å². The molecule has 1 aromatic rings. The number of nitrogens with one attached hydrogen (secondary N) is 1. The molecule has 1 aromatic carbocycles. The molecule has 1 amide bonds. The van der Waals surface area contributed by atoms with Gasteiger partial charge in [0.05, 0.1) is 19.0 Å². The zero-order valence-electron chi connectivity index (χ0n) is 15.1. The molecule has 3 rings (SSSR count). The van der Waals surface area contributed by atoms with Crippen molar-refractivity contribution in [2.24, 2.45) is 0 Å². The lowest BCUT2D eigenvalue weighted by atomic mass is 10.1. The number of nitrogens with zero attached hydrogens (tertiary/aromatic N) is 2. The molecule has 0 radical (unpaired) electrons. The first-order chi connectivity index (χ1) is 12.7. The Balaban J connectivity index is 1.35. The van der Waals surface area contributed by atoms with E-state index in [0.717, 1.165) is 55.8 Å². The van der Waals surface area contributed by atoms with Gasteiger partial charge < -0.3 is 15.0 Å². The first kappa shape index (κ1) is 19.6. The van der Waals surface area contributed by atoms with Gasteiger partial charge in [0.1, 0.15) is 4.32 Å². The number of ether oxygens (including phenoxy) is 1. The van der Waals surface area contributed by atoms with Crippen molar-refractivity contribution in [1.82, 2.24) is 15.1 Å². The number of rotatable bonds is 6. The molecule has 2 aliphatic heterocycles. The van der Waals surface area contributed by atoms with Crippen LogP contribution in [0.5, 0.6) is 0 Å². The van der Waals surface area contributed by atoms with Crippen molar-refractivity contribution in [3.8, 4) is 0 Å². The van der Waals surface area contributed by atoms with Crippen molar-refractivity contribution in [3.05, 3.63) is 35.4 Å². The molecule has 0 unspecified atom stereocenters. The molecular formula is C19H27N3O2S2. The van der Waals surface area contributed by atoms with Crippen molar-refractivity contribution in [2.75, 3.05) is 45.1 Å². The fourth-order valence-electron chi connectivity index (χ4n) is 3.15. The van der Waals surface area contributed by atoms with Gasteiger partial charge >= 0.3 is 0 Å². The highest BCUT2D eigenvalue weighted by molar-refractivity contribution is 8.23. The highest BCUT2D eigenvalue weighted by atomic mass is 32.2. The van der Waals surface area contributed by atoms with Gasteiger partial charge in [-0.1, -0.05) is 48.2 Å². The maximum atomic E-state index is 12.0. The lowest BCUT2D eigenvalue weighted by Gasteiger charge is -2.26. The van der Waals surface area contributed by atoms with E-state index in [-0.39, 0.29) is 5.91 Å². The average molecular weight is 394 g/mol. The highest BCUT2D eigenvalue weighted by Crippen LogP contribution is 2.16. The molecule has 2 aliphatic rings. The first-order valence-electron chi connectivity index (χ1n) is 9.27. The summed E-state index contributed by atoms with van der Waals surface area (Å²) in [6.45, 7) is 7.22. The molecule has 7 heteroatoms.